The van der Waals surface area contributed by atoms with Gasteiger partial charge in [0.25, 0.3) is 0 Å². The highest BCUT2D eigenvalue weighted by Gasteiger charge is 2.60. The maximum absolute atomic E-state index is 13.1. The van der Waals surface area contributed by atoms with E-state index in [0.29, 0.717) is 5.91 Å². The molecule has 2 unspecified atom stereocenters. The molecule has 3 nitrogen and oxygen atoms in total. The van der Waals surface area contributed by atoms with Crippen LogP contribution in [-0.4, -0.2) is 39.4 Å². The summed E-state index contributed by atoms with van der Waals surface area (Å²) in [4.78, 5) is 15.2. The van der Waals surface area contributed by atoms with Gasteiger partial charge in [-0.3, -0.25) is 4.79 Å². The van der Waals surface area contributed by atoms with Gasteiger partial charge in [0.15, 0.2) is 0 Å². The van der Waals surface area contributed by atoms with Gasteiger partial charge in [0.05, 0.1) is 11.5 Å². The summed E-state index contributed by atoms with van der Waals surface area (Å²) in [6, 6.07) is 0. The smallest absolute Gasteiger partial charge is 0.228 e. The molecule has 0 aromatic rings. The molecule has 0 aromatic carbocycles. The van der Waals surface area contributed by atoms with Crippen LogP contribution in [0.25, 0.3) is 0 Å². The van der Waals surface area contributed by atoms with Crippen LogP contribution in [0, 0.1) is 17.3 Å². The maximum atomic E-state index is 13.1. The topological polar surface area (TPSA) is 40.5 Å². The van der Waals surface area contributed by atoms with Crippen molar-refractivity contribution in [1.82, 2.24) is 4.90 Å². The van der Waals surface area contributed by atoms with Crippen LogP contribution in [0.2, 0.25) is 0 Å². The van der Waals surface area contributed by atoms with Crippen LogP contribution in [0.15, 0.2) is 0 Å². The molecule has 0 radical (unpaired) electrons. The molecule has 5 rings (SSSR count). The summed E-state index contributed by atoms with van der Waals surface area (Å²) in [6.07, 6.45) is 8.50. The number of hydrogen-bond acceptors (Lipinski definition) is 2. The SMILES string of the molecule is O=C(N1CCC(O)CC1)C12CC3CC(CC(Br)(C3)C1)C2. The molecule has 1 aliphatic heterocycles. The van der Waals surface area contributed by atoms with Crippen LogP contribution >= 0.6 is 15.9 Å². The van der Waals surface area contributed by atoms with E-state index in [2.05, 4.69) is 20.8 Å². The highest BCUT2D eigenvalue weighted by molar-refractivity contribution is 9.10. The Bertz CT molecular complexity index is 416. The Morgan fingerprint density at radius 1 is 1.10 bits per heavy atom. The Morgan fingerprint density at radius 2 is 1.70 bits per heavy atom. The Hall–Kier alpha value is -0.0900. The van der Waals surface area contributed by atoms with Gasteiger partial charge in [-0.25, -0.2) is 0 Å². The normalized spacial score (nSPS) is 47.8. The number of nitrogens with zero attached hydrogens (tertiary/aromatic N) is 1. The van der Waals surface area contributed by atoms with Crippen molar-refractivity contribution in [2.45, 2.75) is 61.8 Å². The molecule has 5 aliphatic rings. The van der Waals surface area contributed by atoms with E-state index in [9.17, 15) is 9.90 Å². The Balaban J connectivity index is 1.56. The third-order valence-corrected chi connectivity index (χ3v) is 7.12. The van der Waals surface area contributed by atoms with Crippen molar-refractivity contribution in [2.75, 3.05) is 13.1 Å². The average molecular weight is 342 g/mol. The number of carbonyl (C=O) groups is 1. The molecule has 20 heavy (non-hydrogen) atoms. The molecule has 4 saturated carbocycles. The molecule has 1 saturated heterocycles. The molecule has 5 fully saturated rings. The molecule has 4 heteroatoms. The van der Waals surface area contributed by atoms with Crippen molar-refractivity contribution in [3.05, 3.63) is 0 Å². The fourth-order valence-electron chi connectivity index (χ4n) is 5.81. The number of likely N-dealkylation sites (tertiary alicyclic amines) is 1. The lowest BCUT2D eigenvalue weighted by Crippen LogP contribution is -2.59. The van der Waals surface area contributed by atoms with Gasteiger partial charge in [0.2, 0.25) is 5.91 Å². The van der Waals surface area contributed by atoms with Gasteiger partial charge in [-0.15, -0.1) is 0 Å². The van der Waals surface area contributed by atoms with E-state index in [1.54, 1.807) is 0 Å². The molecule has 0 aromatic heterocycles. The Kier molecular flexibility index (Phi) is 3.02. The first-order valence-corrected chi connectivity index (χ1v) is 8.94. The summed E-state index contributed by atoms with van der Waals surface area (Å²) in [5.41, 5.74) is -0.0735. The fraction of sp³-hybridized carbons (Fsp3) is 0.938. The minimum absolute atomic E-state index is 0.0735. The highest BCUT2D eigenvalue weighted by atomic mass is 79.9. The van der Waals surface area contributed by atoms with Gasteiger partial charge in [-0.2, -0.15) is 0 Å². The van der Waals surface area contributed by atoms with Crippen molar-refractivity contribution in [3.8, 4) is 0 Å². The first kappa shape index (κ1) is 13.6. The van der Waals surface area contributed by atoms with E-state index in [1.165, 1.54) is 19.3 Å². The summed E-state index contributed by atoms with van der Waals surface area (Å²) in [7, 11) is 0. The standard InChI is InChI=1S/C16H24BrNO2/c17-16-8-11-5-12(9-16)7-15(6-11,10-16)14(20)18-3-1-13(19)2-4-18/h11-13,19H,1-10H2. The van der Waals surface area contributed by atoms with Crippen LogP contribution in [0.3, 0.4) is 0 Å². The third-order valence-electron chi connectivity index (χ3n) is 6.20. The van der Waals surface area contributed by atoms with Gasteiger partial charge in [-0.05, 0) is 63.2 Å². The van der Waals surface area contributed by atoms with Gasteiger partial charge < -0.3 is 10.0 Å². The number of alkyl halides is 1. The van der Waals surface area contributed by atoms with Gasteiger partial charge in [0.1, 0.15) is 0 Å². The van der Waals surface area contributed by atoms with Crippen LogP contribution in [0.1, 0.15) is 51.4 Å². The Morgan fingerprint density at radius 3 is 2.25 bits per heavy atom. The monoisotopic (exact) mass is 341 g/mol. The van der Waals surface area contributed by atoms with Gasteiger partial charge >= 0.3 is 0 Å². The molecular formula is C16H24BrNO2. The molecule has 112 valence electrons. The third kappa shape index (κ3) is 2.06. The number of halogens is 1. The van der Waals surface area contributed by atoms with E-state index in [-0.39, 0.29) is 15.8 Å². The zero-order valence-corrected chi connectivity index (χ0v) is 13.6. The number of carbonyl (C=O) groups excluding carboxylic acids is 1. The van der Waals surface area contributed by atoms with Crippen molar-refractivity contribution in [2.24, 2.45) is 17.3 Å². The minimum atomic E-state index is -0.196. The maximum Gasteiger partial charge on any atom is 0.228 e. The summed E-state index contributed by atoms with van der Waals surface area (Å²) in [6.45, 7) is 1.51. The second kappa shape index (κ2) is 4.45. The zero-order chi connectivity index (χ0) is 14.0. The quantitative estimate of drug-likeness (QED) is 0.745. The zero-order valence-electron chi connectivity index (χ0n) is 12.0. The lowest BCUT2D eigenvalue weighted by atomic mass is 9.49. The second-order valence-electron chi connectivity index (χ2n) is 7.92. The molecular weight excluding hydrogens is 318 g/mol. The predicted molar refractivity (Wildman–Crippen MR) is 80.6 cm³/mol. The van der Waals surface area contributed by atoms with Crippen LogP contribution < -0.4 is 0 Å². The van der Waals surface area contributed by atoms with Gasteiger partial charge in [-0.1, -0.05) is 15.9 Å². The summed E-state index contributed by atoms with van der Waals surface area (Å²) in [5.74, 6) is 1.92. The number of hydrogen-bond donors (Lipinski definition) is 1. The molecule has 1 heterocycles. The number of aliphatic hydroxyl groups is 1. The second-order valence-corrected chi connectivity index (χ2v) is 9.60. The molecule has 1 N–H and O–H groups in total. The molecule has 0 spiro atoms. The van der Waals surface area contributed by atoms with E-state index < -0.39 is 0 Å². The number of rotatable bonds is 1. The van der Waals surface area contributed by atoms with Crippen LogP contribution in [0.5, 0.6) is 0 Å². The van der Waals surface area contributed by atoms with E-state index in [4.69, 9.17) is 0 Å². The first-order valence-electron chi connectivity index (χ1n) is 8.14. The minimum Gasteiger partial charge on any atom is -0.393 e. The summed E-state index contributed by atoms with van der Waals surface area (Å²) in [5, 5.41) is 9.64. The van der Waals surface area contributed by atoms with E-state index in [1.807, 2.05) is 0 Å². The first-order chi connectivity index (χ1) is 9.48. The molecule has 4 bridgehead atoms. The average Bonchev–Trinajstić information content (AvgIpc) is 2.36. The summed E-state index contributed by atoms with van der Waals surface area (Å²) >= 11 is 3.98. The van der Waals surface area contributed by atoms with Gasteiger partial charge in [0, 0.05) is 17.4 Å². The Labute approximate surface area is 129 Å². The fourth-order valence-corrected chi connectivity index (χ4v) is 7.26. The largest absolute Gasteiger partial charge is 0.393 e. The lowest BCUT2D eigenvalue weighted by Gasteiger charge is -2.60. The molecule has 4 aliphatic carbocycles. The lowest BCUT2D eigenvalue weighted by molar-refractivity contribution is -0.157. The highest BCUT2D eigenvalue weighted by Crippen LogP contribution is 2.64. The van der Waals surface area contributed by atoms with E-state index >= 15 is 0 Å². The van der Waals surface area contributed by atoms with E-state index in [0.717, 1.165) is 57.0 Å². The van der Waals surface area contributed by atoms with Crippen molar-refractivity contribution >= 4 is 21.8 Å². The van der Waals surface area contributed by atoms with Crippen molar-refractivity contribution in [3.63, 3.8) is 0 Å². The number of amides is 1. The molecule has 1 amide bonds. The van der Waals surface area contributed by atoms with Crippen LogP contribution in [0.4, 0.5) is 0 Å². The summed E-state index contributed by atoms with van der Waals surface area (Å²) < 4.78 is 0.252. The van der Waals surface area contributed by atoms with Crippen molar-refractivity contribution < 1.29 is 9.90 Å². The predicted octanol–water partition coefficient (Wildman–Crippen LogP) is 2.70. The van der Waals surface area contributed by atoms with Crippen LogP contribution in [-0.2, 0) is 4.79 Å². The molecule has 2 atom stereocenters. The van der Waals surface area contributed by atoms with Crippen molar-refractivity contribution in [1.29, 1.82) is 0 Å². The number of piperidine rings is 1. The number of aliphatic hydroxyl groups excluding tert-OH is 1.